The molecule has 0 amide bonds. The third-order valence-corrected chi connectivity index (χ3v) is 3.04. The van der Waals surface area contributed by atoms with E-state index in [1.165, 1.54) is 37.1 Å². The summed E-state index contributed by atoms with van der Waals surface area (Å²) >= 11 is 0. The van der Waals surface area contributed by atoms with Gasteiger partial charge in [-0.05, 0) is 31.9 Å². The highest BCUT2D eigenvalue weighted by Gasteiger charge is 2.18. The van der Waals surface area contributed by atoms with Gasteiger partial charge in [-0.1, -0.05) is 12.8 Å². The molecule has 1 saturated carbocycles. The second-order valence-electron chi connectivity index (χ2n) is 4.15. The van der Waals surface area contributed by atoms with Gasteiger partial charge >= 0.3 is 0 Å². The zero-order valence-corrected chi connectivity index (χ0v) is 9.01. The molecule has 76 valence electrons. The quantitative estimate of drug-likeness (QED) is 0.775. The van der Waals surface area contributed by atoms with Crippen molar-refractivity contribution in [2.75, 3.05) is 12.4 Å². The van der Waals surface area contributed by atoms with E-state index in [1.54, 1.807) is 0 Å². The molecule has 1 fully saturated rings. The summed E-state index contributed by atoms with van der Waals surface area (Å²) in [5.74, 6) is 0.710. The molecule has 2 heteroatoms. The molecule has 0 spiro atoms. The molecule has 14 heavy (non-hydrogen) atoms. The largest absolute Gasteiger partial charge is 0.388 e. The molecular formula is C12H18N2. The molecule has 1 aromatic heterocycles. The van der Waals surface area contributed by atoms with Crippen LogP contribution in [0.25, 0.3) is 0 Å². The third-order valence-electron chi connectivity index (χ3n) is 3.04. The molecule has 0 aliphatic heterocycles. The molecule has 2 nitrogen and oxygen atoms in total. The summed E-state index contributed by atoms with van der Waals surface area (Å²) in [6, 6.07) is 4.29. The van der Waals surface area contributed by atoms with Crippen LogP contribution in [-0.4, -0.2) is 12.0 Å². The summed E-state index contributed by atoms with van der Waals surface area (Å²) in [5.41, 5.74) is 3.60. The van der Waals surface area contributed by atoms with Crippen molar-refractivity contribution in [3.05, 3.63) is 23.5 Å². The zero-order valence-electron chi connectivity index (χ0n) is 9.01. The van der Waals surface area contributed by atoms with Gasteiger partial charge in [-0.3, -0.25) is 4.98 Å². The molecule has 1 heterocycles. The number of rotatable bonds is 2. The molecule has 1 aliphatic carbocycles. The minimum absolute atomic E-state index is 0.710. The minimum atomic E-state index is 0.710. The van der Waals surface area contributed by atoms with Gasteiger partial charge in [0.15, 0.2) is 0 Å². The van der Waals surface area contributed by atoms with Gasteiger partial charge in [0.1, 0.15) is 0 Å². The van der Waals surface area contributed by atoms with E-state index >= 15 is 0 Å². The predicted octanol–water partition coefficient (Wildman–Crippen LogP) is 3.09. The SMILES string of the molecule is CNc1cc(C)nc(C2CCCC2)c1. The Hall–Kier alpha value is -1.05. The van der Waals surface area contributed by atoms with Gasteiger partial charge in [0.2, 0.25) is 0 Å². The summed E-state index contributed by atoms with van der Waals surface area (Å²) in [7, 11) is 1.97. The van der Waals surface area contributed by atoms with E-state index in [1.807, 2.05) is 7.05 Å². The van der Waals surface area contributed by atoms with Crippen molar-refractivity contribution in [2.24, 2.45) is 0 Å². The minimum Gasteiger partial charge on any atom is -0.388 e. The number of nitrogens with zero attached hydrogens (tertiary/aromatic N) is 1. The highest BCUT2D eigenvalue weighted by atomic mass is 14.8. The number of pyridine rings is 1. The Balaban J connectivity index is 2.27. The van der Waals surface area contributed by atoms with Crippen molar-refractivity contribution in [3.8, 4) is 0 Å². The van der Waals surface area contributed by atoms with Crippen molar-refractivity contribution in [1.82, 2.24) is 4.98 Å². The Morgan fingerprint density at radius 2 is 2.00 bits per heavy atom. The predicted molar refractivity (Wildman–Crippen MR) is 59.7 cm³/mol. The lowest BCUT2D eigenvalue weighted by atomic mass is 10.0. The molecule has 0 unspecified atom stereocenters. The van der Waals surface area contributed by atoms with Crippen molar-refractivity contribution in [3.63, 3.8) is 0 Å². The molecule has 1 N–H and O–H groups in total. The standard InChI is InChI=1S/C12H18N2/c1-9-7-11(13-2)8-12(14-9)10-5-3-4-6-10/h7-8,10H,3-6H2,1-2H3,(H,13,14). The number of aryl methyl sites for hydroxylation is 1. The number of anilines is 1. The lowest BCUT2D eigenvalue weighted by Gasteiger charge is -2.11. The van der Waals surface area contributed by atoms with Crippen molar-refractivity contribution in [2.45, 2.75) is 38.5 Å². The van der Waals surface area contributed by atoms with Crippen LogP contribution in [-0.2, 0) is 0 Å². The number of aromatic nitrogens is 1. The Morgan fingerprint density at radius 1 is 1.29 bits per heavy atom. The van der Waals surface area contributed by atoms with E-state index in [0.717, 1.165) is 5.69 Å². The molecule has 0 aromatic carbocycles. The molecule has 0 bridgehead atoms. The van der Waals surface area contributed by atoms with Crippen LogP contribution in [0.1, 0.15) is 43.0 Å². The van der Waals surface area contributed by atoms with Crippen molar-refractivity contribution >= 4 is 5.69 Å². The Morgan fingerprint density at radius 3 is 2.64 bits per heavy atom. The maximum absolute atomic E-state index is 4.62. The fourth-order valence-corrected chi connectivity index (χ4v) is 2.27. The third kappa shape index (κ3) is 1.89. The van der Waals surface area contributed by atoms with Gasteiger partial charge in [0.05, 0.1) is 0 Å². The first-order valence-corrected chi connectivity index (χ1v) is 5.46. The summed E-state index contributed by atoms with van der Waals surface area (Å²) in [4.78, 5) is 4.62. The van der Waals surface area contributed by atoms with E-state index in [9.17, 15) is 0 Å². The summed E-state index contributed by atoms with van der Waals surface area (Å²) in [6.07, 6.45) is 5.38. The maximum atomic E-state index is 4.62. The van der Waals surface area contributed by atoms with Gasteiger partial charge < -0.3 is 5.32 Å². The van der Waals surface area contributed by atoms with Gasteiger partial charge in [0, 0.05) is 30.0 Å². The lowest BCUT2D eigenvalue weighted by Crippen LogP contribution is -2.00. The van der Waals surface area contributed by atoms with Crippen LogP contribution in [0.4, 0.5) is 5.69 Å². The molecule has 0 saturated heterocycles. The molecular weight excluding hydrogens is 172 g/mol. The molecule has 0 atom stereocenters. The first-order valence-electron chi connectivity index (χ1n) is 5.46. The summed E-state index contributed by atoms with van der Waals surface area (Å²) in [6.45, 7) is 2.07. The second-order valence-corrected chi connectivity index (χ2v) is 4.15. The van der Waals surface area contributed by atoms with Crippen LogP contribution < -0.4 is 5.32 Å². The van der Waals surface area contributed by atoms with Gasteiger partial charge in [0.25, 0.3) is 0 Å². The van der Waals surface area contributed by atoms with Crippen molar-refractivity contribution < 1.29 is 0 Å². The number of hydrogen-bond acceptors (Lipinski definition) is 2. The second kappa shape index (κ2) is 3.99. The molecule has 2 rings (SSSR count). The first-order chi connectivity index (χ1) is 6.79. The van der Waals surface area contributed by atoms with Crippen molar-refractivity contribution in [1.29, 1.82) is 0 Å². The highest BCUT2D eigenvalue weighted by Crippen LogP contribution is 2.33. The van der Waals surface area contributed by atoms with E-state index in [4.69, 9.17) is 0 Å². The van der Waals surface area contributed by atoms with Crippen LogP contribution >= 0.6 is 0 Å². The van der Waals surface area contributed by atoms with E-state index < -0.39 is 0 Å². The maximum Gasteiger partial charge on any atom is 0.0458 e. The smallest absolute Gasteiger partial charge is 0.0458 e. The number of hydrogen-bond donors (Lipinski definition) is 1. The monoisotopic (exact) mass is 190 g/mol. The topological polar surface area (TPSA) is 24.9 Å². The molecule has 1 aliphatic rings. The summed E-state index contributed by atoms with van der Waals surface area (Å²) in [5, 5.41) is 3.19. The Kier molecular flexibility index (Phi) is 2.71. The lowest BCUT2D eigenvalue weighted by molar-refractivity contribution is 0.695. The average Bonchev–Trinajstić information content (AvgIpc) is 2.69. The number of nitrogens with one attached hydrogen (secondary N) is 1. The van der Waals surface area contributed by atoms with Gasteiger partial charge in [-0.15, -0.1) is 0 Å². The fraction of sp³-hybridized carbons (Fsp3) is 0.583. The summed E-state index contributed by atoms with van der Waals surface area (Å²) < 4.78 is 0. The van der Waals surface area contributed by atoms with Gasteiger partial charge in [-0.2, -0.15) is 0 Å². The van der Waals surface area contributed by atoms with Crippen LogP contribution in [0.15, 0.2) is 12.1 Å². The van der Waals surface area contributed by atoms with E-state index in [-0.39, 0.29) is 0 Å². The van der Waals surface area contributed by atoms with E-state index in [0.29, 0.717) is 5.92 Å². The van der Waals surface area contributed by atoms with E-state index in [2.05, 4.69) is 29.4 Å². The van der Waals surface area contributed by atoms with Crippen LogP contribution in [0.5, 0.6) is 0 Å². The van der Waals surface area contributed by atoms with Crippen LogP contribution in [0, 0.1) is 6.92 Å². The fourth-order valence-electron chi connectivity index (χ4n) is 2.27. The zero-order chi connectivity index (χ0) is 9.97. The molecule has 0 radical (unpaired) electrons. The highest BCUT2D eigenvalue weighted by molar-refractivity contribution is 5.45. The Labute approximate surface area is 85.7 Å². The Bertz CT molecular complexity index is 314. The van der Waals surface area contributed by atoms with Crippen LogP contribution in [0.2, 0.25) is 0 Å². The average molecular weight is 190 g/mol. The van der Waals surface area contributed by atoms with Gasteiger partial charge in [-0.25, -0.2) is 0 Å². The normalized spacial score (nSPS) is 17.3. The molecule has 1 aromatic rings. The first kappa shape index (κ1) is 9.50. The van der Waals surface area contributed by atoms with Crippen LogP contribution in [0.3, 0.4) is 0 Å².